The molecule has 1 saturated carbocycles. The number of rotatable bonds is 4. The lowest BCUT2D eigenvalue weighted by Gasteiger charge is -2.27. The summed E-state index contributed by atoms with van der Waals surface area (Å²) in [5, 5.41) is 12.1. The Hall–Kier alpha value is 0.210. The third-order valence-corrected chi connectivity index (χ3v) is 3.03. The molecule has 0 aromatic rings. The fourth-order valence-corrected chi connectivity index (χ4v) is 2.05. The van der Waals surface area contributed by atoms with Gasteiger partial charge in [0.1, 0.15) is 0 Å². The highest BCUT2D eigenvalue weighted by molar-refractivity contribution is 5.85. The molecule has 2 N–H and O–H groups in total. The highest BCUT2D eigenvalue weighted by Gasteiger charge is 2.19. The van der Waals surface area contributed by atoms with Crippen LogP contribution in [0.2, 0.25) is 0 Å². The van der Waals surface area contributed by atoms with E-state index in [4.69, 9.17) is 5.11 Å². The number of aliphatic hydroxyl groups is 1. The summed E-state index contributed by atoms with van der Waals surface area (Å²) in [7, 11) is 2.01. The standard InChI is InChI=1S/C10H21NO.ClH/c1-11-7-6-9-2-4-10(8-12)5-3-9;/h9-12H,2-8H2,1H3;1H/t9-,10-;. The molecule has 1 rings (SSSR count). The molecule has 0 radical (unpaired) electrons. The molecule has 1 aliphatic carbocycles. The van der Waals surface area contributed by atoms with Crippen molar-refractivity contribution in [3.05, 3.63) is 0 Å². The van der Waals surface area contributed by atoms with Crippen LogP contribution in [0.1, 0.15) is 32.1 Å². The van der Waals surface area contributed by atoms with Crippen LogP contribution in [0.4, 0.5) is 0 Å². The summed E-state index contributed by atoms with van der Waals surface area (Å²) < 4.78 is 0. The van der Waals surface area contributed by atoms with Crippen molar-refractivity contribution in [3.63, 3.8) is 0 Å². The Bertz CT molecular complexity index is 113. The molecule has 0 unspecified atom stereocenters. The largest absolute Gasteiger partial charge is 0.396 e. The Labute approximate surface area is 87.5 Å². The number of hydrogen-bond acceptors (Lipinski definition) is 2. The van der Waals surface area contributed by atoms with E-state index in [1.54, 1.807) is 0 Å². The van der Waals surface area contributed by atoms with Gasteiger partial charge < -0.3 is 10.4 Å². The van der Waals surface area contributed by atoms with E-state index in [2.05, 4.69) is 5.32 Å². The summed E-state index contributed by atoms with van der Waals surface area (Å²) in [5.41, 5.74) is 0. The van der Waals surface area contributed by atoms with Gasteiger partial charge in [-0.25, -0.2) is 0 Å². The highest BCUT2D eigenvalue weighted by atomic mass is 35.5. The maximum atomic E-state index is 8.94. The van der Waals surface area contributed by atoms with Gasteiger partial charge in [0.05, 0.1) is 0 Å². The fraction of sp³-hybridized carbons (Fsp3) is 1.00. The van der Waals surface area contributed by atoms with Crippen LogP contribution in [-0.2, 0) is 0 Å². The molecule has 0 saturated heterocycles. The second-order valence-corrected chi connectivity index (χ2v) is 3.96. The molecule has 3 heteroatoms. The zero-order chi connectivity index (χ0) is 8.81. The maximum absolute atomic E-state index is 8.94. The molecule has 0 spiro atoms. The zero-order valence-electron chi connectivity index (χ0n) is 8.46. The van der Waals surface area contributed by atoms with E-state index >= 15 is 0 Å². The first-order chi connectivity index (χ1) is 5.86. The molecule has 0 aliphatic heterocycles. The summed E-state index contributed by atoms with van der Waals surface area (Å²) in [6.45, 7) is 1.55. The number of aliphatic hydroxyl groups excluding tert-OH is 1. The molecule has 1 fully saturated rings. The van der Waals surface area contributed by atoms with Gasteiger partial charge in [-0.15, -0.1) is 12.4 Å². The predicted octanol–water partition coefficient (Wildman–Crippen LogP) is 1.82. The second kappa shape index (κ2) is 7.60. The van der Waals surface area contributed by atoms with Crippen LogP contribution in [0.5, 0.6) is 0 Å². The Morgan fingerprint density at radius 3 is 2.15 bits per heavy atom. The van der Waals surface area contributed by atoms with Crippen LogP contribution >= 0.6 is 12.4 Å². The molecule has 0 atom stereocenters. The van der Waals surface area contributed by atoms with Gasteiger partial charge in [-0.2, -0.15) is 0 Å². The average molecular weight is 208 g/mol. The summed E-state index contributed by atoms with van der Waals surface area (Å²) in [4.78, 5) is 0. The van der Waals surface area contributed by atoms with Gasteiger partial charge in [0.2, 0.25) is 0 Å². The van der Waals surface area contributed by atoms with Gasteiger partial charge in [0.25, 0.3) is 0 Å². The minimum atomic E-state index is 0. The van der Waals surface area contributed by atoms with E-state index < -0.39 is 0 Å². The first kappa shape index (κ1) is 13.2. The van der Waals surface area contributed by atoms with Crippen molar-refractivity contribution in [2.75, 3.05) is 20.2 Å². The molecule has 0 bridgehead atoms. The molecule has 0 heterocycles. The summed E-state index contributed by atoms with van der Waals surface area (Å²) in [5.74, 6) is 1.52. The minimum absolute atomic E-state index is 0. The topological polar surface area (TPSA) is 32.3 Å². The average Bonchev–Trinajstić information content (AvgIpc) is 2.15. The van der Waals surface area contributed by atoms with Crippen molar-refractivity contribution in [2.45, 2.75) is 32.1 Å². The number of nitrogens with one attached hydrogen (secondary N) is 1. The van der Waals surface area contributed by atoms with Crippen LogP contribution in [0, 0.1) is 11.8 Å². The monoisotopic (exact) mass is 207 g/mol. The van der Waals surface area contributed by atoms with Crippen molar-refractivity contribution in [3.8, 4) is 0 Å². The van der Waals surface area contributed by atoms with E-state index in [1.165, 1.54) is 32.1 Å². The van der Waals surface area contributed by atoms with Crippen LogP contribution in [-0.4, -0.2) is 25.3 Å². The normalized spacial score (nSPS) is 28.2. The maximum Gasteiger partial charge on any atom is 0.0459 e. The van der Waals surface area contributed by atoms with Gasteiger partial charge in [-0.1, -0.05) is 12.8 Å². The Morgan fingerprint density at radius 2 is 1.69 bits per heavy atom. The lowest BCUT2D eigenvalue weighted by atomic mass is 9.81. The van der Waals surface area contributed by atoms with E-state index in [9.17, 15) is 0 Å². The fourth-order valence-electron chi connectivity index (χ4n) is 2.05. The van der Waals surface area contributed by atoms with Crippen molar-refractivity contribution in [1.82, 2.24) is 5.32 Å². The van der Waals surface area contributed by atoms with E-state index in [0.29, 0.717) is 12.5 Å². The SMILES string of the molecule is CNCC[C@H]1CC[C@H](CO)CC1.Cl. The van der Waals surface area contributed by atoms with Crippen LogP contribution < -0.4 is 5.32 Å². The molecule has 0 amide bonds. The van der Waals surface area contributed by atoms with Gasteiger partial charge in [0.15, 0.2) is 0 Å². The minimum Gasteiger partial charge on any atom is -0.396 e. The predicted molar refractivity (Wildman–Crippen MR) is 58.3 cm³/mol. The summed E-state index contributed by atoms with van der Waals surface area (Å²) in [6.07, 6.45) is 6.45. The van der Waals surface area contributed by atoms with Crippen LogP contribution in [0.3, 0.4) is 0 Å². The Kier molecular flexibility index (Phi) is 7.72. The lowest BCUT2D eigenvalue weighted by molar-refractivity contribution is 0.164. The van der Waals surface area contributed by atoms with Gasteiger partial charge in [-0.05, 0) is 44.7 Å². The lowest BCUT2D eigenvalue weighted by Crippen LogP contribution is -2.20. The van der Waals surface area contributed by atoms with E-state index in [-0.39, 0.29) is 12.4 Å². The summed E-state index contributed by atoms with van der Waals surface area (Å²) in [6, 6.07) is 0. The first-order valence-electron chi connectivity index (χ1n) is 5.12. The Balaban J connectivity index is 0.00000144. The van der Waals surface area contributed by atoms with Crippen molar-refractivity contribution >= 4 is 12.4 Å². The molecule has 80 valence electrons. The van der Waals surface area contributed by atoms with Crippen molar-refractivity contribution in [1.29, 1.82) is 0 Å². The third-order valence-electron chi connectivity index (χ3n) is 3.03. The van der Waals surface area contributed by atoms with E-state index in [1.807, 2.05) is 7.05 Å². The molecule has 13 heavy (non-hydrogen) atoms. The quantitative estimate of drug-likeness (QED) is 0.737. The zero-order valence-corrected chi connectivity index (χ0v) is 9.28. The van der Waals surface area contributed by atoms with E-state index in [0.717, 1.165) is 12.5 Å². The molecular formula is C10H22ClNO. The van der Waals surface area contributed by atoms with Crippen molar-refractivity contribution < 1.29 is 5.11 Å². The van der Waals surface area contributed by atoms with Crippen LogP contribution in [0.15, 0.2) is 0 Å². The molecule has 0 aromatic heterocycles. The molecular weight excluding hydrogens is 186 g/mol. The molecule has 2 nitrogen and oxygen atoms in total. The smallest absolute Gasteiger partial charge is 0.0459 e. The van der Waals surface area contributed by atoms with Gasteiger partial charge >= 0.3 is 0 Å². The second-order valence-electron chi connectivity index (χ2n) is 3.96. The summed E-state index contributed by atoms with van der Waals surface area (Å²) >= 11 is 0. The molecule has 1 aliphatic rings. The highest BCUT2D eigenvalue weighted by Crippen LogP contribution is 2.29. The molecule has 0 aromatic carbocycles. The number of hydrogen-bond donors (Lipinski definition) is 2. The first-order valence-corrected chi connectivity index (χ1v) is 5.12. The van der Waals surface area contributed by atoms with Gasteiger partial charge in [0, 0.05) is 6.61 Å². The van der Waals surface area contributed by atoms with Gasteiger partial charge in [-0.3, -0.25) is 0 Å². The Morgan fingerprint density at radius 1 is 1.15 bits per heavy atom. The van der Waals surface area contributed by atoms with Crippen LogP contribution in [0.25, 0.3) is 0 Å². The third kappa shape index (κ3) is 4.84. The number of halogens is 1. The van der Waals surface area contributed by atoms with Crippen molar-refractivity contribution in [2.24, 2.45) is 11.8 Å².